The minimum Gasteiger partial charge on any atom is -0.423 e. The minimum atomic E-state index is -0.649. The van der Waals surface area contributed by atoms with E-state index in [-0.39, 0.29) is 16.3 Å². The molecule has 3 aromatic carbocycles. The molecule has 0 aliphatic heterocycles. The molecule has 0 amide bonds. The van der Waals surface area contributed by atoms with Crippen LogP contribution in [0, 0.1) is 17.2 Å². The third-order valence-electron chi connectivity index (χ3n) is 7.75. The Kier molecular flexibility index (Phi) is 10.8. The van der Waals surface area contributed by atoms with Gasteiger partial charge in [0.05, 0.1) is 27.8 Å². The zero-order valence-electron chi connectivity index (χ0n) is 23.0. The van der Waals surface area contributed by atoms with Gasteiger partial charge in [-0.3, -0.25) is 0 Å². The quantitative estimate of drug-likeness (QED) is 0.133. The molecular formula is C34H36ClNO4. The fraction of sp³-hybridized carbons (Fsp3) is 0.382. The van der Waals surface area contributed by atoms with Crippen LogP contribution < -0.4 is 9.47 Å². The first kappa shape index (κ1) is 29.4. The second kappa shape index (κ2) is 14.7. The van der Waals surface area contributed by atoms with E-state index in [0.29, 0.717) is 22.8 Å². The Bertz CT molecular complexity index is 1320. The number of nitrogens with zero attached hydrogens (tertiary/aromatic N) is 1. The summed E-state index contributed by atoms with van der Waals surface area (Å²) in [5.74, 6) is 0.818. The number of halogens is 1. The van der Waals surface area contributed by atoms with E-state index in [9.17, 15) is 9.59 Å². The van der Waals surface area contributed by atoms with E-state index in [1.165, 1.54) is 100 Å². The number of hydrogen-bond acceptors (Lipinski definition) is 5. The third kappa shape index (κ3) is 8.19. The summed E-state index contributed by atoms with van der Waals surface area (Å²) >= 11 is 6.30. The van der Waals surface area contributed by atoms with Crippen molar-refractivity contribution in [3.63, 3.8) is 0 Å². The molecule has 5 nitrogen and oxygen atoms in total. The number of rotatable bonds is 11. The number of hydrogen-bond donors (Lipinski definition) is 0. The molecule has 1 fully saturated rings. The Morgan fingerprint density at radius 3 is 2.12 bits per heavy atom. The van der Waals surface area contributed by atoms with Crippen molar-refractivity contribution in [2.24, 2.45) is 5.92 Å². The van der Waals surface area contributed by atoms with Gasteiger partial charge in [-0.1, -0.05) is 69.2 Å². The molecule has 3 aromatic rings. The Hall–Kier alpha value is -3.62. The Balaban J connectivity index is 1.27. The van der Waals surface area contributed by atoms with E-state index in [1.54, 1.807) is 12.1 Å². The zero-order valence-corrected chi connectivity index (χ0v) is 23.8. The van der Waals surface area contributed by atoms with Crippen LogP contribution in [0.4, 0.5) is 0 Å². The van der Waals surface area contributed by atoms with Gasteiger partial charge in [-0.15, -0.1) is 0 Å². The van der Waals surface area contributed by atoms with Crippen LogP contribution in [0.3, 0.4) is 0 Å². The second-order valence-corrected chi connectivity index (χ2v) is 11.0. The highest BCUT2D eigenvalue weighted by molar-refractivity contribution is 6.33. The molecule has 4 rings (SSSR count). The van der Waals surface area contributed by atoms with Crippen molar-refractivity contribution in [2.75, 3.05) is 0 Å². The number of unbranched alkanes of at least 4 members (excludes halogenated alkanes) is 4. The van der Waals surface area contributed by atoms with Gasteiger partial charge in [-0.2, -0.15) is 5.26 Å². The van der Waals surface area contributed by atoms with Gasteiger partial charge < -0.3 is 9.47 Å². The Labute approximate surface area is 242 Å². The van der Waals surface area contributed by atoms with Crippen LogP contribution in [0.25, 0.3) is 0 Å². The lowest BCUT2D eigenvalue weighted by Gasteiger charge is -2.29. The van der Waals surface area contributed by atoms with Crippen LogP contribution in [0.15, 0.2) is 66.7 Å². The predicted octanol–water partition coefficient (Wildman–Crippen LogP) is 9.28. The average Bonchev–Trinajstić information content (AvgIpc) is 2.98. The smallest absolute Gasteiger partial charge is 0.345 e. The molecule has 0 atom stereocenters. The fourth-order valence-electron chi connectivity index (χ4n) is 5.36. The molecule has 0 aromatic heterocycles. The highest BCUT2D eigenvalue weighted by Gasteiger charge is 2.22. The first-order chi connectivity index (χ1) is 19.5. The predicted molar refractivity (Wildman–Crippen MR) is 157 cm³/mol. The van der Waals surface area contributed by atoms with Gasteiger partial charge in [0.2, 0.25) is 0 Å². The normalized spacial score (nSPS) is 16.6. The summed E-state index contributed by atoms with van der Waals surface area (Å²) in [6.07, 6.45) is 13.1. The second-order valence-electron chi connectivity index (χ2n) is 10.6. The molecule has 0 N–H and O–H groups in total. The molecule has 208 valence electrons. The van der Waals surface area contributed by atoms with Gasteiger partial charge in [-0.25, -0.2) is 9.59 Å². The van der Waals surface area contributed by atoms with Crippen molar-refractivity contribution in [2.45, 2.75) is 77.0 Å². The van der Waals surface area contributed by atoms with Crippen LogP contribution >= 0.6 is 11.6 Å². The van der Waals surface area contributed by atoms with E-state index < -0.39 is 11.9 Å². The first-order valence-electron chi connectivity index (χ1n) is 14.3. The maximum Gasteiger partial charge on any atom is 0.345 e. The summed E-state index contributed by atoms with van der Waals surface area (Å²) < 4.78 is 10.8. The van der Waals surface area contributed by atoms with E-state index in [4.69, 9.17) is 26.3 Å². The molecule has 6 heteroatoms. The SMILES string of the molecule is CCCCCCC[C@H]1CC[C@H](c2ccc(C(=O)Oc3ccc(C(=O)Oc4ccc(C#N)cc4)c(Cl)c3)cc2)CC1. The Morgan fingerprint density at radius 2 is 1.48 bits per heavy atom. The van der Waals surface area contributed by atoms with Gasteiger partial charge in [0.1, 0.15) is 11.5 Å². The van der Waals surface area contributed by atoms with Gasteiger partial charge in [0.15, 0.2) is 0 Å². The lowest BCUT2D eigenvalue weighted by atomic mass is 9.77. The molecule has 1 aliphatic carbocycles. The molecule has 0 saturated heterocycles. The van der Waals surface area contributed by atoms with Crippen LogP contribution in [0.2, 0.25) is 5.02 Å². The van der Waals surface area contributed by atoms with Crippen molar-refractivity contribution >= 4 is 23.5 Å². The number of benzene rings is 3. The Morgan fingerprint density at radius 1 is 0.825 bits per heavy atom. The van der Waals surface area contributed by atoms with Gasteiger partial charge in [0.25, 0.3) is 0 Å². The van der Waals surface area contributed by atoms with Gasteiger partial charge in [-0.05, 0) is 91.6 Å². The van der Waals surface area contributed by atoms with E-state index in [2.05, 4.69) is 6.92 Å². The summed E-state index contributed by atoms with van der Waals surface area (Å²) in [5, 5.41) is 9.00. The average molecular weight is 558 g/mol. The summed E-state index contributed by atoms with van der Waals surface area (Å²) in [5.41, 5.74) is 2.35. The standard InChI is InChI=1S/C34H36ClNO4/c1-2-3-4-5-6-7-24-8-12-26(13-9-24)27-14-16-28(17-15-27)33(37)40-30-20-21-31(32(35)22-30)34(38)39-29-18-10-25(23-36)11-19-29/h10-11,14-22,24,26H,2-9,12-13H2,1H3/t24-,26-. The van der Waals surface area contributed by atoms with Crippen molar-refractivity contribution in [1.29, 1.82) is 5.26 Å². The van der Waals surface area contributed by atoms with Gasteiger partial charge >= 0.3 is 11.9 Å². The van der Waals surface area contributed by atoms with Crippen LogP contribution in [0.5, 0.6) is 11.5 Å². The van der Waals surface area contributed by atoms with Gasteiger partial charge in [0, 0.05) is 6.07 Å². The molecule has 0 bridgehead atoms. The number of carbonyl (C=O) groups is 2. The largest absolute Gasteiger partial charge is 0.423 e. The van der Waals surface area contributed by atoms with E-state index in [0.717, 1.165) is 5.92 Å². The summed E-state index contributed by atoms with van der Waals surface area (Å²) in [6.45, 7) is 2.26. The van der Waals surface area contributed by atoms with E-state index >= 15 is 0 Å². The van der Waals surface area contributed by atoms with Crippen molar-refractivity contribution < 1.29 is 19.1 Å². The van der Waals surface area contributed by atoms with Crippen LogP contribution in [-0.2, 0) is 0 Å². The maximum atomic E-state index is 12.8. The highest BCUT2D eigenvalue weighted by atomic mass is 35.5. The van der Waals surface area contributed by atoms with E-state index in [1.807, 2.05) is 30.3 Å². The number of esters is 2. The van der Waals surface area contributed by atoms with Crippen molar-refractivity contribution in [3.05, 3.63) is 94.0 Å². The molecule has 1 saturated carbocycles. The number of carbonyl (C=O) groups excluding carboxylic acids is 2. The third-order valence-corrected chi connectivity index (χ3v) is 8.06. The number of nitriles is 1. The zero-order chi connectivity index (χ0) is 28.3. The molecule has 1 aliphatic rings. The fourth-order valence-corrected chi connectivity index (χ4v) is 5.61. The van der Waals surface area contributed by atoms with Crippen molar-refractivity contribution in [1.82, 2.24) is 0 Å². The molecular weight excluding hydrogens is 522 g/mol. The monoisotopic (exact) mass is 557 g/mol. The van der Waals surface area contributed by atoms with Crippen LogP contribution in [0.1, 0.15) is 109 Å². The molecule has 40 heavy (non-hydrogen) atoms. The maximum absolute atomic E-state index is 12.8. The summed E-state index contributed by atoms with van der Waals surface area (Å²) in [4.78, 5) is 25.3. The highest BCUT2D eigenvalue weighted by Crippen LogP contribution is 2.38. The van der Waals surface area contributed by atoms with Crippen LogP contribution in [-0.4, -0.2) is 11.9 Å². The lowest BCUT2D eigenvalue weighted by molar-refractivity contribution is 0.0730. The number of ether oxygens (including phenoxy) is 2. The summed E-state index contributed by atoms with van der Waals surface area (Å²) in [7, 11) is 0. The molecule has 0 spiro atoms. The van der Waals surface area contributed by atoms with Crippen molar-refractivity contribution in [3.8, 4) is 17.6 Å². The minimum absolute atomic E-state index is 0.107. The first-order valence-corrected chi connectivity index (χ1v) is 14.7. The molecule has 0 unspecified atom stereocenters. The molecule has 0 radical (unpaired) electrons. The summed E-state index contributed by atoms with van der Waals surface area (Å²) in [6, 6.07) is 20.3. The molecule has 0 heterocycles. The lowest BCUT2D eigenvalue weighted by Crippen LogP contribution is -2.14. The topological polar surface area (TPSA) is 76.4 Å².